The molecular formula is C6H15N3O2S. The third kappa shape index (κ3) is 2.16. The van der Waals surface area contributed by atoms with E-state index in [2.05, 4.69) is 5.32 Å². The molecule has 1 aliphatic rings. The number of nitrogens with zero attached hydrogens (tertiary/aromatic N) is 1. The number of nitrogens with two attached hydrogens (primary N) is 1. The summed E-state index contributed by atoms with van der Waals surface area (Å²) in [7, 11) is -3.51. The van der Waals surface area contributed by atoms with E-state index in [1.54, 1.807) is 6.92 Å². The normalized spacial score (nSPS) is 25.1. The van der Waals surface area contributed by atoms with E-state index in [-0.39, 0.29) is 6.04 Å². The summed E-state index contributed by atoms with van der Waals surface area (Å²) in [5.41, 5.74) is 0. The highest BCUT2D eigenvalue weighted by Gasteiger charge is 2.27. The molecule has 12 heavy (non-hydrogen) atoms. The van der Waals surface area contributed by atoms with E-state index in [9.17, 15) is 8.42 Å². The van der Waals surface area contributed by atoms with Gasteiger partial charge in [-0.2, -0.15) is 12.7 Å². The van der Waals surface area contributed by atoms with Gasteiger partial charge in [0.05, 0.1) is 0 Å². The molecule has 0 aliphatic carbocycles. The van der Waals surface area contributed by atoms with Crippen LogP contribution in [0, 0.1) is 0 Å². The highest BCUT2D eigenvalue weighted by molar-refractivity contribution is 7.86. The van der Waals surface area contributed by atoms with Crippen molar-refractivity contribution in [3.63, 3.8) is 0 Å². The molecule has 0 bridgehead atoms. The number of hydrogen-bond donors (Lipinski definition) is 2. The van der Waals surface area contributed by atoms with Gasteiger partial charge < -0.3 is 5.32 Å². The van der Waals surface area contributed by atoms with E-state index in [1.165, 1.54) is 4.31 Å². The first-order valence-corrected chi connectivity index (χ1v) is 5.56. The van der Waals surface area contributed by atoms with Gasteiger partial charge in [0.2, 0.25) is 0 Å². The second-order valence-electron chi connectivity index (χ2n) is 2.89. The molecule has 5 nitrogen and oxygen atoms in total. The molecular weight excluding hydrogens is 178 g/mol. The van der Waals surface area contributed by atoms with E-state index in [1.807, 2.05) is 0 Å². The van der Waals surface area contributed by atoms with Gasteiger partial charge in [-0.05, 0) is 13.0 Å². The number of hydrogen-bond acceptors (Lipinski definition) is 3. The molecule has 6 heteroatoms. The molecule has 0 amide bonds. The molecule has 72 valence electrons. The number of nitrogens with one attached hydrogen (secondary N) is 1. The standard InChI is InChI=1S/C6H15N3O2S/c1-2-9(12(7,10)11)6-3-4-8-5-6/h6,8H,2-5H2,1H3,(H2,7,10,11). The van der Waals surface area contributed by atoms with Crippen molar-refractivity contribution >= 4 is 10.2 Å². The molecule has 0 aromatic heterocycles. The van der Waals surface area contributed by atoms with Gasteiger partial charge in [-0.1, -0.05) is 6.92 Å². The lowest BCUT2D eigenvalue weighted by Gasteiger charge is -2.23. The Bertz CT molecular complexity index is 233. The predicted octanol–water partition coefficient (Wildman–Crippen LogP) is -1.13. The average molecular weight is 193 g/mol. The van der Waals surface area contributed by atoms with Gasteiger partial charge in [0.1, 0.15) is 0 Å². The summed E-state index contributed by atoms with van der Waals surface area (Å²) in [6.07, 6.45) is 0.851. The van der Waals surface area contributed by atoms with Crippen LogP contribution in [0.25, 0.3) is 0 Å². The van der Waals surface area contributed by atoms with Gasteiger partial charge >= 0.3 is 0 Å². The smallest absolute Gasteiger partial charge is 0.277 e. The Kier molecular flexibility index (Phi) is 3.05. The van der Waals surface area contributed by atoms with E-state index < -0.39 is 10.2 Å². The van der Waals surface area contributed by atoms with Gasteiger partial charge in [0.15, 0.2) is 0 Å². The SMILES string of the molecule is CCN(C1CCNC1)S(N)(=O)=O. The van der Waals surface area contributed by atoms with Crippen LogP contribution in [0.1, 0.15) is 13.3 Å². The van der Waals surface area contributed by atoms with Crippen LogP contribution in [0.4, 0.5) is 0 Å². The van der Waals surface area contributed by atoms with Gasteiger partial charge in [-0.25, -0.2) is 5.14 Å². The van der Waals surface area contributed by atoms with Crippen LogP contribution in [0.5, 0.6) is 0 Å². The second-order valence-corrected chi connectivity index (χ2v) is 4.39. The molecule has 1 rings (SSSR count). The maximum absolute atomic E-state index is 11.0. The van der Waals surface area contributed by atoms with Crippen molar-refractivity contribution < 1.29 is 8.42 Å². The zero-order chi connectivity index (χ0) is 9.19. The number of likely N-dealkylation sites (N-methyl/N-ethyl adjacent to an activating group) is 1. The van der Waals surface area contributed by atoms with E-state index >= 15 is 0 Å². The van der Waals surface area contributed by atoms with Crippen molar-refractivity contribution in [3.05, 3.63) is 0 Å². The molecule has 0 aromatic carbocycles. The molecule has 1 saturated heterocycles. The minimum absolute atomic E-state index is 0.0463. The fourth-order valence-corrected chi connectivity index (χ4v) is 2.49. The van der Waals surface area contributed by atoms with Crippen LogP contribution in [0.15, 0.2) is 0 Å². The largest absolute Gasteiger partial charge is 0.315 e. The van der Waals surface area contributed by atoms with Crippen LogP contribution < -0.4 is 10.5 Å². The summed E-state index contributed by atoms with van der Waals surface area (Å²) in [5.74, 6) is 0. The van der Waals surface area contributed by atoms with Crippen molar-refractivity contribution in [1.29, 1.82) is 0 Å². The lowest BCUT2D eigenvalue weighted by molar-refractivity contribution is 0.349. The summed E-state index contributed by atoms with van der Waals surface area (Å²) in [5, 5.41) is 8.14. The fourth-order valence-electron chi connectivity index (χ4n) is 1.53. The van der Waals surface area contributed by atoms with Gasteiger partial charge in [0, 0.05) is 19.1 Å². The Labute approximate surface area is 73.1 Å². The van der Waals surface area contributed by atoms with Crippen LogP contribution in [0.3, 0.4) is 0 Å². The Balaban J connectivity index is 2.68. The number of rotatable bonds is 3. The minimum Gasteiger partial charge on any atom is -0.315 e. The highest BCUT2D eigenvalue weighted by Crippen LogP contribution is 2.10. The topological polar surface area (TPSA) is 75.4 Å². The molecule has 0 spiro atoms. The Morgan fingerprint density at radius 2 is 2.33 bits per heavy atom. The Hall–Kier alpha value is -0.170. The van der Waals surface area contributed by atoms with Crippen molar-refractivity contribution in [3.8, 4) is 0 Å². The van der Waals surface area contributed by atoms with Crippen molar-refractivity contribution in [1.82, 2.24) is 9.62 Å². The van der Waals surface area contributed by atoms with Crippen molar-refractivity contribution in [2.45, 2.75) is 19.4 Å². The zero-order valence-electron chi connectivity index (χ0n) is 7.16. The lowest BCUT2D eigenvalue weighted by atomic mass is 10.3. The molecule has 0 radical (unpaired) electrons. The lowest BCUT2D eigenvalue weighted by Crippen LogP contribution is -2.44. The summed E-state index contributed by atoms with van der Waals surface area (Å²) < 4.78 is 23.4. The van der Waals surface area contributed by atoms with E-state index in [4.69, 9.17) is 5.14 Å². The Morgan fingerprint density at radius 3 is 2.67 bits per heavy atom. The first-order valence-electron chi connectivity index (χ1n) is 4.06. The van der Waals surface area contributed by atoms with Crippen LogP contribution in [-0.2, 0) is 10.2 Å². The molecule has 0 aromatic rings. The van der Waals surface area contributed by atoms with E-state index in [0.29, 0.717) is 13.1 Å². The summed E-state index contributed by atoms with van der Waals surface area (Å²) >= 11 is 0. The molecule has 1 unspecified atom stereocenters. The first kappa shape index (κ1) is 9.91. The van der Waals surface area contributed by atoms with Crippen LogP contribution in [0.2, 0.25) is 0 Å². The maximum atomic E-state index is 11.0. The van der Waals surface area contributed by atoms with Gasteiger partial charge in [-0.15, -0.1) is 0 Å². The van der Waals surface area contributed by atoms with Gasteiger partial charge in [-0.3, -0.25) is 0 Å². The summed E-state index contributed by atoms with van der Waals surface area (Å²) in [6.45, 7) is 3.83. The van der Waals surface area contributed by atoms with Crippen LogP contribution in [-0.4, -0.2) is 38.4 Å². The molecule has 1 heterocycles. The first-order chi connectivity index (χ1) is 5.55. The van der Waals surface area contributed by atoms with Gasteiger partial charge in [0.25, 0.3) is 10.2 Å². The van der Waals surface area contributed by atoms with Crippen molar-refractivity contribution in [2.24, 2.45) is 5.14 Å². The predicted molar refractivity (Wildman–Crippen MR) is 46.8 cm³/mol. The zero-order valence-corrected chi connectivity index (χ0v) is 7.97. The molecule has 1 aliphatic heterocycles. The molecule has 3 N–H and O–H groups in total. The third-order valence-corrected chi connectivity index (χ3v) is 3.29. The maximum Gasteiger partial charge on any atom is 0.277 e. The second kappa shape index (κ2) is 3.69. The fraction of sp³-hybridized carbons (Fsp3) is 1.00. The summed E-state index contributed by atoms with van der Waals surface area (Å²) in [4.78, 5) is 0. The van der Waals surface area contributed by atoms with E-state index in [0.717, 1.165) is 13.0 Å². The monoisotopic (exact) mass is 193 g/mol. The minimum atomic E-state index is -3.51. The summed E-state index contributed by atoms with van der Waals surface area (Å²) in [6, 6.07) is 0.0463. The quantitative estimate of drug-likeness (QED) is 0.596. The molecule has 1 fully saturated rings. The average Bonchev–Trinajstić information content (AvgIpc) is 2.38. The molecule has 1 atom stereocenters. The van der Waals surface area contributed by atoms with Crippen molar-refractivity contribution in [2.75, 3.05) is 19.6 Å². The molecule has 0 saturated carbocycles. The third-order valence-electron chi connectivity index (χ3n) is 2.08. The highest BCUT2D eigenvalue weighted by atomic mass is 32.2. The van der Waals surface area contributed by atoms with Crippen LogP contribution >= 0.6 is 0 Å². The Morgan fingerprint density at radius 1 is 1.67 bits per heavy atom.